The van der Waals surface area contributed by atoms with Gasteiger partial charge in [0.15, 0.2) is 11.5 Å². The van der Waals surface area contributed by atoms with Gasteiger partial charge in [0.2, 0.25) is 0 Å². The third kappa shape index (κ3) is 5.09. The van der Waals surface area contributed by atoms with Crippen molar-refractivity contribution in [2.75, 3.05) is 5.32 Å². The molecule has 4 rings (SSSR count). The van der Waals surface area contributed by atoms with Crippen LogP contribution in [0, 0.1) is 6.92 Å². The van der Waals surface area contributed by atoms with E-state index < -0.39 is 41.0 Å². The molecule has 13 heteroatoms. The van der Waals surface area contributed by atoms with Gasteiger partial charge in [0, 0.05) is 18.5 Å². The van der Waals surface area contributed by atoms with Crippen molar-refractivity contribution >= 4 is 11.6 Å². The summed E-state index contributed by atoms with van der Waals surface area (Å²) in [4.78, 5) is 16.7. The molecule has 0 radical (unpaired) electrons. The normalized spacial score (nSPS) is 13.0. The summed E-state index contributed by atoms with van der Waals surface area (Å²) in [6.07, 6.45) is -7.13. The summed E-state index contributed by atoms with van der Waals surface area (Å²) in [5.41, 5.74) is -2.41. The maximum Gasteiger partial charge on any atom is 0.416 e. The van der Waals surface area contributed by atoms with Crippen LogP contribution in [0.4, 0.5) is 32.0 Å². The quantitative estimate of drug-likeness (QED) is 0.327. The lowest BCUT2D eigenvalue weighted by molar-refractivity contribution is -0.143. The van der Waals surface area contributed by atoms with E-state index in [1.165, 1.54) is 32.3 Å². The molecule has 3 heterocycles. The fraction of sp³-hybridized carbons (Fsp3) is 0.217. The molecular formula is C23H17F6N5O2. The van der Waals surface area contributed by atoms with E-state index in [0.29, 0.717) is 11.8 Å². The first-order valence-electron chi connectivity index (χ1n) is 10.4. The number of carbonyl (C=O) groups excluding carboxylic acids is 1. The lowest BCUT2D eigenvalue weighted by Gasteiger charge is -2.20. The van der Waals surface area contributed by atoms with Gasteiger partial charge >= 0.3 is 12.4 Å². The molecule has 0 aliphatic heterocycles. The van der Waals surface area contributed by atoms with Crippen molar-refractivity contribution in [2.24, 2.45) is 0 Å². The molecule has 1 N–H and O–H groups in total. The Balaban J connectivity index is 1.59. The number of rotatable bonds is 5. The molecule has 0 fully saturated rings. The Morgan fingerprint density at radius 3 is 2.44 bits per heavy atom. The van der Waals surface area contributed by atoms with E-state index in [4.69, 9.17) is 4.52 Å². The van der Waals surface area contributed by atoms with Crippen LogP contribution >= 0.6 is 0 Å². The molecule has 0 spiro atoms. The molecule has 0 aliphatic carbocycles. The minimum absolute atomic E-state index is 0.0713. The highest BCUT2D eigenvalue weighted by Gasteiger charge is 2.39. The summed E-state index contributed by atoms with van der Waals surface area (Å²) in [5, 5.41) is 10.4. The highest BCUT2D eigenvalue weighted by atomic mass is 19.4. The van der Waals surface area contributed by atoms with E-state index >= 15 is 0 Å². The van der Waals surface area contributed by atoms with Crippen LogP contribution in [0.5, 0.6) is 0 Å². The zero-order valence-corrected chi connectivity index (χ0v) is 18.6. The molecule has 7 nitrogen and oxygen atoms in total. The second-order valence-corrected chi connectivity index (χ2v) is 7.83. The molecule has 1 aromatic carbocycles. The van der Waals surface area contributed by atoms with Crippen molar-refractivity contribution in [3.63, 3.8) is 0 Å². The number of pyridine rings is 1. The van der Waals surface area contributed by atoms with Gasteiger partial charge in [-0.25, -0.2) is 0 Å². The number of hydrogen-bond acceptors (Lipinski definition) is 5. The Morgan fingerprint density at radius 1 is 1.06 bits per heavy atom. The molecule has 4 aromatic rings. The van der Waals surface area contributed by atoms with Gasteiger partial charge in [-0.2, -0.15) is 31.4 Å². The second kappa shape index (κ2) is 9.13. The predicted octanol–water partition coefficient (Wildman–Crippen LogP) is 6.14. The van der Waals surface area contributed by atoms with Crippen LogP contribution in [-0.4, -0.2) is 25.8 Å². The first-order chi connectivity index (χ1) is 16.8. The first-order valence-corrected chi connectivity index (χ1v) is 10.4. The van der Waals surface area contributed by atoms with Crippen molar-refractivity contribution in [1.82, 2.24) is 19.9 Å². The summed E-state index contributed by atoms with van der Waals surface area (Å²) in [5.74, 6) is -0.412. The van der Waals surface area contributed by atoms with Crippen LogP contribution in [0.1, 0.15) is 45.8 Å². The van der Waals surface area contributed by atoms with Crippen molar-refractivity contribution in [3.8, 4) is 11.5 Å². The number of hydrogen-bond donors (Lipinski definition) is 1. The Labute approximate surface area is 199 Å². The van der Waals surface area contributed by atoms with Crippen molar-refractivity contribution in [1.29, 1.82) is 0 Å². The number of alkyl halides is 6. The Hall–Kier alpha value is -4.16. The van der Waals surface area contributed by atoms with Crippen LogP contribution in [0.15, 0.2) is 59.4 Å². The summed E-state index contributed by atoms with van der Waals surface area (Å²) >= 11 is 0. The number of aromatic nitrogens is 4. The van der Waals surface area contributed by atoms with Gasteiger partial charge in [-0.1, -0.05) is 17.3 Å². The highest BCUT2D eigenvalue weighted by molar-refractivity contribution is 6.03. The van der Waals surface area contributed by atoms with Gasteiger partial charge < -0.3 is 9.84 Å². The van der Waals surface area contributed by atoms with E-state index in [1.54, 1.807) is 18.2 Å². The Morgan fingerprint density at radius 2 is 1.81 bits per heavy atom. The van der Waals surface area contributed by atoms with Crippen LogP contribution < -0.4 is 5.32 Å². The van der Waals surface area contributed by atoms with Gasteiger partial charge in [-0.3, -0.25) is 14.5 Å². The Kier molecular flexibility index (Phi) is 6.33. The van der Waals surface area contributed by atoms with Crippen molar-refractivity contribution in [3.05, 3.63) is 82.9 Å². The highest BCUT2D eigenvalue weighted by Crippen LogP contribution is 2.40. The number of halogens is 6. The van der Waals surface area contributed by atoms with Gasteiger partial charge in [0.1, 0.15) is 5.69 Å². The first kappa shape index (κ1) is 24.9. The number of amides is 1. The number of carbonyl (C=O) groups is 1. The molecule has 1 atom stereocenters. The molecular weight excluding hydrogens is 492 g/mol. The second-order valence-electron chi connectivity index (χ2n) is 7.83. The Bertz CT molecular complexity index is 1390. The van der Waals surface area contributed by atoms with E-state index in [9.17, 15) is 31.1 Å². The van der Waals surface area contributed by atoms with Crippen molar-refractivity contribution < 1.29 is 35.7 Å². The van der Waals surface area contributed by atoms with Crippen LogP contribution in [0.25, 0.3) is 11.5 Å². The van der Waals surface area contributed by atoms with Crippen molar-refractivity contribution in [2.45, 2.75) is 32.2 Å². The maximum atomic E-state index is 13.6. The smallest absolute Gasteiger partial charge is 0.354 e. The molecule has 1 amide bonds. The zero-order valence-electron chi connectivity index (χ0n) is 18.6. The fourth-order valence-corrected chi connectivity index (χ4v) is 3.49. The average molecular weight is 509 g/mol. The summed E-state index contributed by atoms with van der Waals surface area (Å²) in [6.45, 7) is 2.87. The SMILES string of the molecule is Cc1nn(C(C)c2ccc(C(F)(F)F)cc2C(F)(F)F)cc1NC(=O)c1cc(-c2ccccn2)on1. The molecule has 188 valence electrons. The molecule has 3 aromatic heterocycles. The third-order valence-corrected chi connectivity index (χ3v) is 5.36. The van der Waals surface area contributed by atoms with Crippen LogP contribution in [-0.2, 0) is 12.4 Å². The molecule has 0 aliphatic rings. The average Bonchev–Trinajstić information content (AvgIpc) is 3.45. The lowest BCUT2D eigenvalue weighted by atomic mass is 9.98. The number of nitrogens with zero attached hydrogens (tertiary/aromatic N) is 4. The zero-order chi connectivity index (χ0) is 26.3. The minimum atomic E-state index is -5.03. The monoisotopic (exact) mass is 509 g/mol. The standard InChI is InChI=1S/C23H17F6N5O2/c1-12-19(31-21(35)18-10-20(36-33-18)17-5-3-4-8-30-17)11-34(32-12)13(2)15-7-6-14(22(24,25)26)9-16(15)23(27,28)29/h3-11,13H,1-2H3,(H,31,35). The number of aryl methyl sites for hydroxylation is 1. The van der Waals surface area contributed by atoms with Gasteiger partial charge in [0.05, 0.1) is 28.6 Å². The third-order valence-electron chi connectivity index (χ3n) is 5.36. The fourth-order valence-electron chi connectivity index (χ4n) is 3.49. The van der Waals surface area contributed by atoms with E-state index in [2.05, 4.69) is 20.6 Å². The number of nitrogens with one attached hydrogen (secondary N) is 1. The van der Waals surface area contributed by atoms with Gasteiger partial charge in [-0.05, 0) is 43.7 Å². The molecule has 36 heavy (non-hydrogen) atoms. The van der Waals surface area contributed by atoms with Crippen LogP contribution in [0.2, 0.25) is 0 Å². The minimum Gasteiger partial charge on any atom is -0.354 e. The summed E-state index contributed by atoms with van der Waals surface area (Å²) < 4.78 is 86.0. The molecule has 0 saturated heterocycles. The summed E-state index contributed by atoms with van der Waals surface area (Å²) in [7, 11) is 0. The van der Waals surface area contributed by atoms with E-state index in [-0.39, 0.29) is 28.9 Å². The van der Waals surface area contributed by atoms with Crippen LogP contribution in [0.3, 0.4) is 0 Å². The van der Waals surface area contributed by atoms with E-state index in [1.807, 2.05) is 0 Å². The molecule has 1 unspecified atom stereocenters. The maximum absolute atomic E-state index is 13.6. The number of benzene rings is 1. The molecule has 0 bridgehead atoms. The predicted molar refractivity (Wildman–Crippen MR) is 115 cm³/mol. The van der Waals surface area contributed by atoms with Gasteiger partial charge in [-0.15, -0.1) is 0 Å². The lowest BCUT2D eigenvalue weighted by Crippen LogP contribution is -2.18. The largest absolute Gasteiger partial charge is 0.416 e. The summed E-state index contributed by atoms with van der Waals surface area (Å²) in [6, 6.07) is 6.81. The van der Waals surface area contributed by atoms with E-state index in [0.717, 1.165) is 10.7 Å². The number of anilines is 1. The molecule has 0 saturated carbocycles. The topological polar surface area (TPSA) is 85.8 Å². The van der Waals surface area contributed by atoms with Gasteiger partial charge in [0.25, 0.3) is 5.91 Å².